The average Bonchev–Trinajstić information content (AvgIpc) is 3.44. The third-order valence-corrected chi connectivity index (χ3v) is 7.38. The Balaban J connectivity index is 1.86. The number of halogens is 3. The number of carbonyl (C=O) groups excluding carboxylic acids is 3. The number of hydrogen-bond donors (Lipinski definition) is 2. The van der Waals surface area contributed by atoms with Crippen molar-refractivity contribution < 1.29 is 37.0 Å². The monoisotopic (exact) mass is 633 g/mol. The van der Waals surface area contributed by atoms with Crippen LogP contribution in [0.3, 0.4) is 0 Å². The van der Waals surface area contributed by atoms with Crippen LogP contribution in [0.15, 0.2) is 72.1 Å². The van der Waals surface area contributed by atoms with E-state index in [9.17, 15) is 27.6 Å². The quantitative estimate of drug-likeness (QED) is 0.209. The van der Waals surface area contributed by atoms with Crippen LogP contribution in [0.4, 0.5) is 22.8 Å². The topological polar surface area (TPSA) is 111 Å². The van der Waals surface area contributed by atoms with Gasteiger partial charge in [0.25, 0.3) is 0 Å². The summed E-state index contributed by atoms with van der Waals surface area (Å²) < 4.78 is 52.2. The maximum absolute atomic E-state index is 14.1. The summed E-state index contributed by atoms with van der Waals surface area (Å²) in [5.74, 6) is -0.573. The van der Waals surface area contributed by atoms with Crippen LogP contribution in [0.5, 0.6) is 0 Å². The Bertz CT molecular complexity index is 1360. The number of amides is 3. The zero-order chi connectivity index (χ0) is 32.3. The molecule has 0 saturated carbocycles. The molecule has 0 aliphatic rings. The predicted octanol–water partition coefficient (Wildman–Crippen LogP) is 7.07. The molecule has 44 heavy (non-hydrogen) atoms. The predicted molar refractivity (Wildman–Crippen MR) is 162 cm³/mol. The van der Waals surface area contributed by atoms with Crippen molar-refractivity contribution in [2.75, 3.05) is 0 Å². The van der Waals surface area contributed by atoms with Gasteiger partial charge in [-0.3, -0.25) is 4.79 Å². The number of primary amides is 1. The molecular formula is C32H38F3N3O5S. The summed E-state index contributed by atoms with van der Waals surface area (Å²) in [7, 11) is 0. The van der Waals surface area contributed by atoms with Crippen molar-refractivity contribution in [2.45, 2.75) is 83.5 Å². The first-order valence-electron chi connectivity index (χ1n) is 14.2. The van der Waals surface area contributed by atoms with Gasteiger partial charge in [-0.05, 0) is 68.7 Å². The van der Waals surface area contributed by atoms with Crippen LogP contribution in [0.2, 0.25) is 0 Å². The molecule has 0 saturated heterocycles. The molecule has 3 amide bonds. The molecule has 1 heterocycles. The van der Waals surface area contributed by atoms with Gasteiger partial charge in [0.2, 0.25) is 5.91 Å². The van der Waals surface area contributed by atoms with E-state index in [-0.39, 0.29) is 25.1 Å². The van der Waals surface area contributed by atoms with Crippen LogP contribution in [-0.2, 0) is 40.0 Å². The Morgan fingerprint density at radius 1 is 0.932 bits per heavy atom. The van der Waals surface area contributed by atoms with E-state index in [4.69, 9.17) is 15.2 Å². The van der Waals surface area contributed by atoms with Gasteiger partial charge in [0, 0.05) is 17.8 Å². The molecule has 238 valence electrons. The second-order valence-corrected chi connectivity index (χ2v) is 12.3. The number of rotatable bonds is 13. The molecule has 3 N–H and O–H groups in total. The zero-order valence-corrected chi connectivity index (χ0v) is 25.7. The summed E-state index contributed by atoms with van der Waals surface area (Å²) in [6.45, 7) is 4.73. The van der Waals surface area contributed by atoms with Crippen LogP contribution < -0.4 is 11.1 Å². The Kier molecular flexibility index (Phi) is 12.2. The summed E-state index contributed by atoms with van der Waals surface area (Å²) in [5, 5.41) is 4.43. The number of alkyl halides is 3. The number of thiophene rings is 1. The highest BCUT2D eigenvalue weighted by molar-refractivity contribution is 7.09. The fourth-order valence-corrected chi connectivity index (χ4v) is 5.38. The molecule has 0 aliphatic carbocycles. The maximum atomic E-state index is 14.1. The van der Waals surface area contributed by atoms with Crippen molar-refractivity contribution in [3.8, 4) is 0 Å². The van der Waals surface area contributed by atoms with Crippen molar-refractivity contribution in [1.82, 2.24) is 10.2 Å². The molecule has 12 heteroatoms. The summed E-state index contributed by atoms with van der Waals surface area (Å²) in [5.41, 5.74) is 4.46. The van der Waals surface area contributed by atoms with Gasteiger partial charge in [0.1, 0.15) is 17.7 Å². The molecule has 3 aromatic rings. The summed E-state index contributed by atoms with van der Waals surface area (Å²) in [6, 6.07) is 16.9. The summed E-state index contributed by atoms with van der Waals surface area (Å²) in [6.07, 6.45) is -5.84. The first kappa shape index (κ1) is 34.4. The van der Waals surface area contributed by atoms with Crippen molar-refractivity contribution in [1.29, 1.82) is 0 Å². The number of carbonyl (C=O) groups is 3. The van der Waals surface area contributed by atoms with Gasteiger partial charge in [0.15, 0.2) is 0 Å². The summed E-state index contributed by atoms with van der Waals surface area (Å²) in [4.78, 5) is 40.5. The second kappa shape index (κ2) is 15.6. The molecule has 0 fully saturated rings. The maximum Gasteiger partial charge on any atom is 0.416 e. The van der Waals surface area contributed by atoms with Gasteiger partial charge >= 0.3 is 18.4 Å². The lowest BCUT2D eigenvalue weighted by Crippen LogP contribution is -2.49. The van der Waals surface area contributed by atoms with E-state index in [2.05, 4.69) is 5.32 Å². The van der Waals surface area contributed by atoms with Gasteiger partial charge in [-0.2, -0.15) is 13.2 Å². The largest absolute Gasteiger partial charge is 0.446 e. The highest BCUT2D eigenvalue weighted by Gasteiger charge is 2.35. The first-order chi connectivity index (χ1) is 20.7. The molecule has 0 aliphatic heterocycles. The molecule has 2 aromatic carbocycles. The van der Waals surface area contributed by atoms with E-state index in [1.165, 1.54) is 34.4 Å². The number of benzene rings is 2. The van der Waals surface area contributed by atoms with Crippen LogP contribution >= 0.6 is 11.3 Å². The number of nitrogens with one attached hydrogen (secondary N) is 1. The van der Waals surface area contributed by atoms with Gasteiger partial charge in [-0.25, -0.2) is 9.59 Å². The number of alkyl carbamates (subject to hydrolysis) is 1. The minimum Gasteiger partial charge on any atom is -0.446 e. The highest BCUT2D eigenvalue weighted by atomic mass is 32.1. The van der Waals surface area contributed by atoms with Crippen molar-refractivity contribution in [2.24, 2.45) is 5.73 Å². The standard InChI is InChI=1S/C32H38F3N3O5S/c1-31(2,3)43-30(41)37-27(17-9-14-24(42-29(36)40)19-22-11-5-4-6-12-22)28(39)38(21-25-15-10-18-44-25)20-23-13-7-8-16-26(23)32(33,34)35/h4-8,10-13,15-16,18,24,27H,9,14,17,19-21H2,1-3H3,(H2,36,40)(H,37,41)/t24?,27-/m0/s1. The van der Waals surface area contributed by atoms with E-state index >= 15 is 0 Å². The molecule has 0 spiro atoms. The van der Waals surface area contributed by atoms with Crippen LogP contribution in [0, 0.1) is 0 Å². The molecule has 1 unspecified atom stereocenters. The number of nitrogens with two attached hydrogens (primary N) is 1. The Morgan fingerprint density at radius 3 is 2.23 bits per heavy atom. The fourth-order valence-electron chi connectivity index (χ4n) is 4.66. The number of ether oxygens (including phenoxy) is 2. The van der Waals surface area contributed by atoms with Gasteiger partial charge < -0.3 is 25.4 Å². The molecule has 2 atom stereocenters. The SMILES string of the molecule is CC(C)(C)OC(=O)N[C@@H](CCCC(Cc1ccccc1)OC(N)=O)C(=O)N(Cc1cccs1)Cc1ccccc1C(F)(F)F. The van der Waals surface area contributed by atoms with Crippen LogP contribution in [-0.4, -0.2) is 40.7 Å². The minimum absolute atomic E-state index is 0.0383. The molecule has 0 bridgehead atoms. The molecule has 8 nitrogen and oxygen atoms in total. The Hall–Kier alpha value is -4.06. The lowest BCUT2D eigenvalue weighted by atomic mass is 10.0. The van der Waals surface area contributed by atoms with Crippen molar-refractivity contribution in [3.63, 3.8) is 0 Å². The zero-order valence-electron chi connectivity index (χ0n) is 24.9. The van der Waals surface area contributed by atoms with E-state index in [1.807, 2.05) is 35.7 Å². The van der Waals surface area contributed by atoms with Gasteiger partial charge in [-0.1, -0.05) is 54.6 Å². The number of nitrogens with zero attached hydrogens (tertiary/aromatic N) is 1. The average molecular weight is 634 g/mol. The molecule has 3 rings (SSSR count). The lowest BCUT2D eigenvalue weighted by Gasteiger charge is -2.30. The van der Waals surface area contributed by atoms with Gasteiger partial charge in [0.05, 0.1) is 12.1 Å². The van der Waals surface area contributed by atoms with E-state index < -0.39 is 47.6 Å². The molecule has 0 radical (unpaired) electrons. The normalized spacial score (nSPS) is 13.0. The Morgan fingerprint density at radius 2 is 1.61 bits per heavy atom. The van der Waals surface area contributed by atoms with Crippen molar-refractivity contribution >= 4 is 29.4 Å². The third kappa shape index (κ3) is 11.6. The van der Waals surface area contributed by atoms with Crippen LogP contribution in [0.1, 0.15) is 61.6 Å². The smallest absolute Gasteiger partial charge is 0.416 e. The molecular weight excluding hydrogens is 595 g/mol. The van der Waals surface area contributed by atoms with E-state index in [0.29, 0.717) is 19.3 Å². The fraction of sp³-hybridized carbons (Fsp3) is 0.406. The second-order valence-electron chi connectivity index (χ2n) is 11.3. The minimum atomic E-state index is -4.61. The first-order valence-corrected chi connectivity index (χ1v) is 15.0. The summed E-state index contributed by atoms with van der Waals surface area (Å²) >= 11 is 1.36. The third-order valence-electron chi connectivity index (χ3n) is 6.52. The Labute approximate surface area is 259 Å². The van der Waals surface area contributed by atoms with Gasteiger partial charge in [-0.15, -0.1) is 11.3 Å². The highest BCUT2D eigenvalue weighted by Crippen LogP contribution is 2.33. The number of hydrogen-bond acceptors (Lipinski definition) is 6. The van der Waals surface area contributed by atoms with Crippen LogP contribution in [0.25, 0.3) is 0 Å². The van der Waals surface area contributed by atoms with E-state index in [0.717, 1.165) is 16.5 Å². The lowest BCUT2D eigenvalue weighted by molar-refractivity contribution is -0.140. The van der Waals surface area contributed by atoms with Crippen molar-refractivity contribution in [3.05, 3.63) is 93.7 Å². The molecule has 1 aromatic heterocycles. The van der Waals surface area contributed by atoms with E-state index in [1.54, 1.807) is 32.9 Å².